The number of hydrogen-bond donors (Lipinski definition) is 6. The number of carboxylic acids is 2. The summed E-state index contributed by atoms with van der Waals surface area (Å²) in [6.45, 7) is 9.26. The highest BCUT2D eigenvalue weighted by Crippen LogP contribution is 2.31. The molecular weight excluding hydrogens is 937 g/mol. The number of aromatic nitrogens is 10. The molecule has 0 saturated carbocycles. The summed E-state index contributed by atoms with van der Waals surface area (Å²) in [4.78, 5) is 98.1. The Morgan fingerprint density at radius 1 is 0.625 bits per heavy atom. The van der Waals surface area contributed by atoms with Crippen LogP contribution >= 0.6 is 0 Å². The van der Waals surface area contributed by atoms with Crippen molar-refractivity contribution in [2.45, 2.75) is 37.8 Å². The molecule has 2 aliphatic heterocycles. The third kappa shape index (κ3) is 10.6. The van der Waals surface area contributed by atoms with Crippen molar-refractivity contribution in [2.75, 3.05) is 48.3 Å². The van der Waals surface area contributed by atoms with Crippen LogP contribution in [0.25, 0.3) is 44.3 Å². The van der Waals surface area contributed by atoms with Crippen LogP contribution in [0.2, 0.25) is 0 Å². The van der Waals surface area contributed by atoms with Gasteiger partial charge in [0.2, 0.25) is 11.8 Å². The van der Waals surface area contributed by atoms with Gasteiger partial charge in [-0.3, -0.25) is 29.8 Å². The van der Waals surface area contributed by atoms with Gasteiger partial charge >= 0.3 is 24.0 Å². The lowest BCUT2D eigenvalue weighted by Gasteiger charge is -2.32. The van der Waals surface area contributed by atoms with E-state index in [9.17, 15) is 28.8 Å². The van der Waals surface area contributed by atoms with Gasteiger partial charge in [-0.1, -0.05) is 37.4 Å². The quantitative estimate of drug-likeness (QED) is 0.105. The maximum Gasteiger partial charge on any atom is 0.328 e. The smallest absolute Gasteiger partial charge is 0.328 e. The van der Waals surface area contributed by atoms with Crippen LogP contribution in [0.5, 0.6) is 0 Å². The predicted molar refractivity (Wildman–Crippen MR) is 258 cm³/mol. The number of carbonyl (C=O) groups excluding carboxylic acids is 4. The van der Waals surface area contributed by atoms with Crippen molar-refractivity contribution in [3.8, 4) is 0 Å². The Kier molecular flexibility index (Phi) is 14.3. The minimum absolute atomic E-state index is 0.0507. The monoisotopic (exact) mass is 980 g/mol. The molecule has 368 valence electrons. The number of nitrogens with one attached hydrogen (secondary N) is 2. The average molecular weight is 981 g/mol. The number of carbonyl (C=O) groups is 6. The van der Waals surface area contributed by atoms with Crippen LogP contribution < -0.4 is 22.1 Å². The van der Waals surface area contributed by atoms with Gasteiger partial charge in [0.15, 0.2) is 33.8 Å². The fourth-order valence-corrected chi connectivity index (χ4v) is 8.09. The van der Waals surface area contributed by atoms with Crippen LogP contribution in [0.3, 0.4) is 0 Å². The maximum atomic E-state index is 13.1. The Balaban J connectivity index is 0.000000168. The predicted octanol–water partition coefficient (Wildman–Crippen LogP) is 4.01. The van der Waals surface area contributed by atoms with Crippen molar-refractivity contribution in [3.63, 3.8) is 0 Å². The Labute approximate surface area is 405 Å². The summed E-state index contributed by atoms with van der Waals surface area (Å²) in [5, 5.41) is 30.6. The SMILES string of the molecule is C=CC(=O)N1CCC[C@@H](n2nc(C(=O)Nc3nc4ccccc4o3)c3c(N)ncnc32)C1.C=CC(=O)N1CCC[C@@H](n2nc(C(=O)Nc3nc4ccccc4o3)c3c(N)ncnc32)C1.O=C(O)/C=C/C(=O)O. The van der Waals surface area contributed by atoms with Crippen molar-refractivity contribution in [2.24, 2.45) is 0 Å². The van der Waals surface area contributed by atoms with Crippen LogP contribution in [0.1, 0.15) is 58.7 Å². The van der Waals surface area contributed by atoms with Gasteiger partial charge in [-0.2, -0.15) is 20.2 Å². The minimum atomic E-state index is -1.26. The van der Waals surface area contributed by atoms with Gasteiger partial charge in [0.05, 0.1) is 22.9 Å². The number of aliphatic carboxylic acids is 2. The third-order valence-electron chi connectivity index (χ3n) is 11.3. The highest BCUT2D eigenvalue weighted by atomic mass is 16.4. The number of para-hydroxylation sites is 4. The zero-order chi connectivity index (χ0) is 51.1. The van der Waals surface area contributed by atoms with E-state index in [1.54, 1.807) is 43.4 Å². The molecule has 10 rings (SSSR count). The largest absolute Gasteiger partial charge is 0.478 e. The summed E-state index contributed by atoms with van der Waals surface area (Å²) in [7, 11) is 0. The molecule has 8 aromatic rings. The van der Waals surface area contributed by atoms with Gasteiger partial charge in [0, 0.05) is 38.3 Å². The molecule has 26 nitrogen and oxygen atoms in total. The number of benzene rings is 2. The number of oxazole rings is 2. The number of hydrogen-bond acceptors (Lipinski definition) is 18. The normalized spacial score (nSPS) is 15.6. The van der Waals surface area contributed by atoms with E-state index in [1.807, 2.05) is 24.3 Å². The molecule has 8 heterocycles. The van der Waals surface area contributed by atoms with Crippen molar-refractivity contribution < 1.29 is 47.8 Å². The lowest BCUT2D eigenvalue weighted by atomic mass is 10.1. The summed E-state index contributed by atoms with van der Waals surface area (Å²) < 4.78 is 14.5. The maximum absolute atomic E-state index is 13.1. The van der Waals surface area contributed by atoms with Crippen molar-refractivity contribution >= 4 is 103 Å². The van der Waals surface area contributed by atoms with Gasteiger partial charge in [0.1, 0.15) is 35.3 Å². The first kappa shape index (κ1) is 48.6. The minimum Gasteiger partial charge on any atom is -0.478 e. The number of rotatable bonds is 10. The molecule has 0 aliphatic carbocycles. The van der Waals surface area contributed by atoms with E-state index in [4.69, 9.17) is 30.5 Å². The Bertz CT molecular complexity index is 3160. The van der Waals surface area contributed by atoms with E-state index in [1.165, 1.54) is 24.8 Å². The number of nitrogens with two attached hydrogens (primary N) is 2. The summed E-state index contributed by atoms with van der Waals surface area (Å²) >= 11 is 0. The van der Waals surface area contributed by atoms with Crippen LogP contribution in [0, 0.1) is 0 Å². The molecule has 2 aliphatic rings. The molecule has 2 saturated heterocycles. The lowest BCUT2D eigenvalue weighted by Crippen LogP contribution is -2.40. The van der Waals surface area contributed by atoms with Gasteiger partial charge < -0.3 is 40.3 Å². The first-order chi connectivity index (χ1) is 34.7. The Hall–Kier alpha value is -9.88. The van der Waals surface area contributed by atoms with Crippen LogP contribution in [-0.4, -0.2) is 131 Å². The summed E-state index contributed by atoms with van der Waals surface area (Å²) in [5.74, 6) is -3.62. The molecule has 0 bridgehead atoms. The highest BCUT2D eigenvalue weighted by molar-refractivity contribution is 6.13. The Morgan fingerprint density at radius 3 is 1.40 bits per heavy atom. The van der Waals surface area contributed by atoms with E-state index in [0.29, 0.717) is 82.6 Å². The Morgan fingerprint density at radius 2 is 1.03 bits per heavy atom. The standard InChI is InChI=1S/2C21H20N8O3.C4H4O4/c2*1-2-15(30)28-9-5-6-12(10-28)29-19-16(18(22)23-11-24-19)17(27-29)20(31)26-21-25-13-7-3-4-8-14(13)32-21;5-3(6)1-2-4(7)8/h2*2-4,7-8,11-12H,1,5-6,9-10H2,(H2,22,23,24)(H,25,26,31);1-2H,(H,5,6)(H,7,8)/b;;2-1+/t2*12-;/m11./s1. The van der Waals surface area contributed by atoms with Gasteiger partial charge in [0.25, 0.3) is 11.8 Å². The summed E-state index contributed by atoms with van der Waals surface area (Å²) in [6.07, 6.45) is 9.48. The molecule has 0 spiro atoms. The highest BCUT2D eigenvalue weighted by Gasteiger charge is 2.32. The molecule has 2 fully saturated rings. The second kappa shape index (κ2) is 21.2. The van der Waals surface area contributed by atoms with Crippen molar-refractivity contribution in [1.29, 1.82) is 0 Å². The number of likely N-dealkylation sites (tertiary alicyclic amines) is 2. The second-order valence-corrected chi connectivity index (χ2v) is 16.0. The fraction of sp³-hybridized carbons (Fsp3) is 0.217. The number of nitrogen functional groups attached to an aromatic ring is 2. The first-order valence-corrected chi connectivity index (χ1v) is 22.0. The number of anilines is 4. The van der Waals surface area contributed by atoms with Gasteiger partial charge in [-0.25, -0.2) is 38.9 Å². The molecule has 8 N–H and O–H groups in total. The molecule has 26 heteroatoms. The molecular formula is C46H44N16O10. The number of amides is 4. The molecule has 4 amide bonds. The number of piperidine rings is 2. The topological polar surface area (TPSA) is 365 Å². The number of fused-ring (bicyclic) bond motifs is 4. The molecule has 0 radical (unpaired) electrons. The molecule has 2 atom stereocenters. The zero-order valence-electron chi connectivity index (χ0n) is 38.0. The van der Waals surface area contributed by atoms with Gasteiger partial charge in [-0.15, -0.1) is 0 Å². The molecule has 6 aromatic heterocycles. The summed E-state index contributed by atoms with van der Waals surface area (Å²) in [5.41, 5.74) is 15.5. The molecule has 2 aromatic carbocycles. The summed E-state index contributed by atoms with van der Waals surface area (Å²) in [6, 6.07) is 14.1. The lowest BCUT2D eigenvalue weighted by molar-refractivity contribution is -0.134. The first-order valence-electron chi connectivity index (χ1n) is 22.0. The average Bonchev–Trinajstić information content (AvgIpc) is 4.19. The number of carboxylic acid groups (broad SMARTS) is 2. The van der Waals surface area contributed by atoms with Crippen molar-refractivity contribution in [1.82, 2.24) is 59.3 Å². The molecule has 72 heavy (non-hydrogen) atoms. The molecule has 0 unspecified atom stereocenters. The van der Waals surface area contributed by atoms with Gasteiger partial charge in [-0.05, 0) is 62.1 Å². The van der Waals surface area contributed by atoms with Crippen LogP contribution in [-0.2, 0) is 19.2 Å². The van der Waals surface area contributed by atoms with Crippen LogP contribution in [0.15, 0.2) is 107 Å². The van der Waals surface area contributed by atoms with E-state index >= 15 is 0 Å². The van der Waals surface area contributed by atoms with Crippen LogP contribution in [0.4, 0.5) is 23.7 Å². The van der Waals surface area contributed by atoms with E-state index in [-0.39, 0.29) is 59.0 Å². The second-order valence-electron chi connectivity index (χ2n) is 16.0. The third-order valence-corrected chi connectivity index (χ3v) is 11.3. The number of nitrogens with zero attached hydrogens (tertiary/aromatic N) is 12. The zero-order valence-corrected chi connectivity index (χ0v) is 38.0. The van der Waals surface area contributed by atoms with Crippen molar-refractivity contribution in [3.05, 3.63) is 110 Å². The van der Waals surface area contributed by atoms with E-state index in [0.717, 1.165) is 25.7 Å². The fourth-order valence-electron chi connectivity index (χ4n) is 8.09. The van der Waals surface area contributed by atoms with E-state index in [2.05, 4.69) is 63.9 Å². The van der Waals surface area contributed by atoms with E-state index < -0.39 is 23.8 Å².